The van der Waals surface area contributed by atoms with Crippen LogP contribution in [0.15, 0.2) is 34.0 Å². The molecule has 2 aromatic rings. The molecule has 0 N–H and O–H groups in total. The number of hydrogen-bond donors (Lipinski definition) is 0. The molecule has 0 aliphatic carbocycles. The highest BCUT2D eigenvalue weighted by molar-refractivity contribution is 8.01. The van der Waals surface area contributed by atoms with Crippen LogP contribution in [-0.4, -0.2) is 29.0 Å². The van der Waals surface area contributed by atoms with E-state index in [1.165, 1.54) is 11.8 Å². The molecule has 6 heteroatoms. The summed E-state index contributed by atoms with van der Waals surface area (Å²) < 4.78 is 0.914. The number of thioether (sulfide) groups is 1. The molecule has 22 heavy (non-hydrogen) atoms. The summed E-state index contributed by atoms with van der Waals surface area (Å²) in [4.78, 5) is 30.2. The lowest BCUT2D eigenvalue weighted by molar-refractivity contribution is -0.117. The molecule has 0 radical (unpaired) electrons. The number of ketones is 1. The Morgan fingerprint density at radius 3 is 3.00 bits per heavy atom. The van der Waals surface area contributed by atoms with Crippen molar-refractivity contribution in [3.8, 4) is 0 Å². The molecule has 1 fully saturated rings. The fraction of sp³-hybridized carbons (Fsp3) is 0.312. The van der Waals surface area contributed by atoms with Crippen LogP contribution in [0.25, 0.3) is 0 Å². The maximum Gasteiger partial charge on any atom is 0.227 e. The minimum absolute atomic E-state index is 0.0614. The highest BCUT2D eigenvalue weighted by Crippen LogP contribution is 2.25. The Balaban J connectivity index is 1.68. The van der Waals surface area contributed by atoms with Crippen LogP contribution in [0.2, 0.25) is 0 Å². The fourth-order valence-electron chi connectivity index (χ4n) is 2.38. The van der Waals surface area contributed by atoms with E-state index in [0.717, 1.165) is 28.7 Å². The maximum absolute atomic E-state index is 12.3. The first-order valence-electron chi connectivity index (χ1n) is 7.12. The van der Waals surface area contributed by atoms with Gasteiger partial charge in [-0.3, -0.25) is 9.59 Å². The average Bonchev–Trinajstić information content (AvgIpc) is 3.13. The zero-order valence-electron chi connectivity index (χ0n) is 12.2. The van der Waals surface area contributed by atoms with Crippen LogP contribution in [-0.2, 0) is 4.79 Å². The number of carbonyl (C=O) groups excluding carboxylic acids is 2. The number of rotatable bonds is 5. The third kappa shape index (κ3) is 3.39. The zero-order chi connectivity index (χ0) is 15.5. The van der Waals surface area contributed by atoms with Crippen molar-refractivity contribution in [2.75, 3.05) is 17.2 Å². The molecule has 4 nitrogen and oxygen atoms in total. The van der Waals surface area contributed by atoms with Crippen molar-refractivity contribution in [1.82, 2.24) is 4.98 Å². The van der Waals surface area contributed by atoms with Crippen LogP contribution >= 0.6 is 23.1 Å². The lowest BCUT2D eigenvalue weighted by Crippen LogP contribution is -2.23. The van der Waals surface area contributed by atoms with Crippen molar-refractivity contribution in [2.24, 2.45) is 0 Å². The molecule has 2 heterocycles. The van der Waals surface area contributed by atoms with E-state index in [9.17, 15) is 9.59 Å². The number of aromatic nitrogens is 1. The van der Waals surface area contributed by atoms with Gasteiger partial charge in [-0.2, -0.15) is 0 Å². The molecule has 1 saturated heterocycles. The second kappa shape index (κ2) is 6.62. The summed E-state index contributed by atoms with van der Waals surface area (Å²) >= 11 is 3.02. The van der Waals surface area contributed by atoms with Gasteiger partial charge in [-0.25, -0.2) is 4.98 Å². The molecule has 1 aliphatic rings. The summed E-state index contributed by atoms with van der Waals surface area (Å²) in [6.45, 7) is 2.68. The number of Topliss-reactive ketones (excluding diaryl/α,β-unsaturated/α-hetero) is 1. The minimum atomic E-state index is 0.0614. The first-order chi connectivity index (χ1) is 10.6. The first-order valence-corrected chi connectivity index (χ1v) is 8.98. The molecule has 3 rings (SSSR count). The molecule has 1 amide bonds. The van der Waals surface area contributed by atoms with Gasteiger partial charge < -0.3 is 4.90 Å². The molecule has 0 spiro atoms. The van der Waals surface area contributed by atoms with Gasteiger partial charge in [0.2, 0.25) is 5.91 Å². The number of hydrogen-bond acceptors (Lipinski definition) is 5. The number of amides is 1. The molecule has 1 aliphatic heterocycles. The Bertz CT molecular complexity index is 712. The maximum atomic E-state index is 12.3. The fourth-order valence-corrected chi connectivity index (χ4v) is 4.12. The van der Waals surface area contributed by atoms with Crippen molar-refractivity contribution >= 4 is 40.5 Å². The Kier molecular flexibility index (Phi) is 4.59. The van der Waals surface area contributed by atoms with E-state index in [1.807, 2.05) is 30.5 Å². The number of carbonyl (C=O) groups is 2. The van der Waals surface area contributed by atoms with Crippen molar-refractivity contribution in [2.45, 2.75) is 24.1 Å². The van der Waals surface area contributed by atoms with Gasteiger partial charge in [0, 0.05) is 35.3 Å². The van der Waals surface area contributed by atoms with E-state index in [2.05, 4.69) is 4.98 Å². The van der Waals surface area contributed by atoms with Crippen molar-refractivity contribution < 1.29 is 9.59 Å². The highest BCUT2D eigenvalue weighted by atomic mass is 32.2. The summed E-state index contributed by atoms with van der Waals surface area (Å²) in [6.07, 6.45) is 1.48. The molecule has 1 aromatic carbocycles. The Labute approximate surface area is 137 Å². The van der Waals surface area contributed by atoms with Gasteiger partial charge in [0.1, 0.15) is 0 Å². The SMILES string of the molecule is Cc1csc(SCC(=O)c2cccc(N3CCCC3=O)c2)n1. The first kappa shape index (κ1) is 15.2. The standard InChI is InChI=1S/C16H16N2O2S2/c1-11-9-21-16(17-11)22-10-14(19)12-4-2-5-13(8-12)18-7-3-6-15(18)20/h2,4-5,8-9H,3,6-7,10H2,1H3. The van der Waals surface area contributed by atoms with Crippen LogP contribution in [0.3, 0.4) is 0 Å². The van der Waals surface area contributed by atoms with Gasteiger partial charge in [-0.05, 0) is 25.5 Å². The summed E-state index contributed by atoms with van der Waals surface area (Å²) in [7, 11) is 0. The predicted molar refractivity (Wildman–Crippen MR) is 89.9 cm³/mol. The van der Waals surface area contributed by atoms with Crippen molar-refractivity contribution in [3.05, 3.63) is 40.9 Å². The number of thiazole rings is 1. The monoisotopic (exact) mass is 332 g/mol. The summed E-state index contributed by atoms with van der Waals surface area (Å²) in [6, 6.07) is 7.35. The lowest BCUT2D eigenvalue weighted by Gasteiger charge is -2.16. The van der Waals surface area contributed by atoms with E-state index in [0.29, 0.717) is 17.7 Å². The molecule has 114 valence electrons. The normalized spacial score (nSPS) is 14.6. The van der Waals surface area contributed by atoms with E-state index in [1.54, 1.807) is 22.3 Å². The quantitative estimate of drug-likeness (QED) is 0.620. The van der Waals surface area contributed by atoms with Crippen LogP contribution in [0.5, 0.6) is 0 Å². The summed E-state index contributed by atoms with van der Waals surface area (Å²) in [5.41, 5.74) is 2.45. The lowest BCUT2D eigenvalue weighted by atomic mass is 10.1. The topological polar surface area (TPSA) is 50.3 Å². The molecule has 0 atom stereocenters. The number of aryl methyl sites for hydroxylation is 1. The van der Waals surface area contributed by atoms with Gasteiger partial charge in [0.05, 0.1) is 5.75 Å². The van der Waals surface area contributed by atoms with E-state index < -0.39 is 0 Å². The number of nitrogens with zero attached hydrogens (tertiary/aromatic N) is 2. The molecule has 0 bridgehead atoms. The Morgan fingerprint density at radius 1 is 1.45 bits per heavy atom. The third-order valence-corrected chi connectivity index (χ3v) is 5.62. The highest BCUT2D eigenvalue weighted by Gasteiger charge is 2.22. The summed E-state index contributed by atoms with van der Waals surface area (Å²) in [5.74, 6) is 0.563. The smallest absolute Gasteiger partial charge is 0.227 e. The molecule has 1 aromatic heterocycles. The molecule has 0 unspecified atom stereocenters. The van der Waals surface area contributed by atoms with Crippen LogP contribution in [0.4, 0.5) is 5.69 Å². The van der Waals surface area contributed by atoms with Gasteiger partial charge in [-0.15, -0.1) is 11.3 Å². The molecular weight excluding hydrogens is 316 g/mol. The largest absolute Gasteiger partial charge is 0.312 e. The van der Waals surface area contributed by atoms with E-state index >= 15 is 0 Å². The Morgan fingerprint density at radius 2 is 2.32 bits per heavy atom. The van der Waals surface area contributed by atoms with Gasteiger partial charge >= 0.3 is 0 Å². The second-order valence-corrected chi connectivity index (χ2v) is 7.25. The van der Waals surface area contributed by atoms with Gasteiger partial charge in [0.25, 0.3) is 0 Å². The predicted octanol–water partition coefficient (Wildman–Crippen LogP) is 3.55. The van der Waals surface area contributed by atoms with E-state index in [4.69, 9.17) is 0 Å². The minimum Gasteiger partial charge on any atom is -0.312 e. The van der Waals surface area contributed by atoms with Crippen molar-refractivity contribution in [3.63, 3.8) is 0 Å². The van der Waals surface area contributed by atoms with Gasteiger partial charge in [-0.1, -0.05) is 23.9 Å². The second-order valence-electron chi connectivity index (χ2n) is 5.17. The number of anilines is 1. The Hall–Kier alpha value is -1.66. The van der Waals surface area contributed by atoms with Crippen LogP contribution in [0.1, 0.15) is 28.9 Å². The molecule has 0 saturated carbocycles. The van der Waals surface area contributed by atoms with E-state index in [-0.39, 0.29) is 11.7 Å². The average molecular weight is 332 g/mol. The summed E-state index contributed by atoms with van der Waals surface area (Å²) in [5, 5.41) is 1.98. The van der Waals surface area contributed by atoms with Gasteiger partial charge in [0.15, 0.2) is 10.1 Å². The number of benzene rings is 1. The zero-order valence-corrected chi connectivity index (χ0v) is 13.9. The van der Waals surface area contributed by atoms with Crippen LogP contribution < -0.4 is 4.90 Å². The third-order valence-electron chi connectivity index (χ3n) is 3.48. The van der Waals surface area contributed by atoms with Crippen molar-refractivity contribution in [1.29, 1.82) is 0 Å². The molecular formula is C16H16N2O2S2. The van der Waals surface area contributed by atoms with Crippen LogP contribution in [0, 0.1) is 6.92 Å².